The Labute approximate surface area is 352 Å². The van der Waals surface area contributed by atoms with Crippen LogP contribution in [0.4, 0.5) is 22.7 Å². The lowest BCUT2D eigenvalue weighted by molar-refractivity contribution is 0.991. The number of rotatable bonds is 9. The van der Waals surface area contributed by atoms with Crippen molar-refractivity contribution >= 4 is 66.8 Å². The van der Waals surface area contributed by atoms with Gasteiger partial charge in [-0.05, 0) is 119 Å². The second kappa shape index (κ2) is 15.2. The molecular formula is C56H44N4. The molecule has 0 saturated heterocycles. The summed E-state index contributed by atoms with van der Waals surface area (Å²) in [5.74, 6) is 0.884. The molecule has 1 aliphatic heterocycles. The smallest absolute Gasteiger partial charge is 0.137 e. The van der Waals surface area contributed by atoms with Crippen LogP contribution in [0.5, 0.6) is 0 Å². The van der Waals surface area contributed by atoms with Crippen molar-refractivity contribution in [1.29, 1.82) is 0 Å². The molecule has 10 rings (SSSR count). The van der Waals surface area contributed by atoms with Crippen molar-refractivity contribution in [2.75, 3.05) is 16.5 Å². The lowest BCUT2D eigenvalue weighted by Gasteiger charge is -2.24. The van der Waals surface area contributed by atoms with Crippen LogP contribution in [0.1, 0.15) is 47.2 Å². The quantitative estimate of drug-likeness (QED) is 0.137. The van der Waals surface area contributed by atoms with Gasteiger partial charge in [-0.25, -0.2) is 4.98 Å². The second-order valence-electron chi connectivity index (χ2n) is 15.6. The highest BCUT2D eigenvalue weighted by Gasteiger charge is 2.28. The van der Waals surface area contributed by atoms with Gasteiger partial charge in [-0.3, -0.25) is 4.57 Å². The molecule has 0 N–H and O–H groups in total. The summed E-state index contributed by atoms with van der Waals surface area (Å²) >= 11 is 0. The fourth-order valence-electron chi connectivity index (χ4n) is 8.71. The Kier molecular flexibility index (Phi) is 9.31. The highest BCUT2D eigenvalue weighted by atomic mass is 15.4. The third-order valence-electron chi connectivity index (χ3n) is 11.7. The number of aromatic nitrogens is 2. The number of hydrogen-bond donors (Lipinski definition) is 0. The summed E-state index contributed by atoms with van der Waals surface area (Å²) in [4.78, 5) is 9.67. The van der Waals surface area contributed by atoms with E-state index in [1.165, 1.54) is 27.8 Å². The van der Waals surface area contributed by atoms with Gasteiger partial charge >= 0.3 is 0 Å². The van der Waals surface area contributed by atoms with Crippen molar-refractivity contribution in [1.82, 2.24) is 9.55 Å². The average Bonchev–Trinajstić information content (AvgIpc) is 3.85. The Morgan fingerprint density at radius 1 is 0.433 bits per heavy atom. The fraction of sp³-hybridized carbons (Fsp3) is 0.0536. The van der Waals surface area contributed by atoms with Gasteiger partial charge in [-0.2, -0.15) is 0 Å². The number of pyridine rings is 1. The van der Waals surface area contributed by atoms with Gasteiger partial charge in [0.2, 0.25) is 0 Å². The third kappa shape index (κ3) is 6.49. The van der Waals surface area contributed by atoms with E-state index < -0.39 is 0 Å². The van der Waals surface area contributed by atoms with Crippen LogP contribution in [-0.2, 0) is 0 Å². The Hall–Kier alpha value is -7.69. The molecule has 0 radical (unpaired) electrons. The molecule has 7 aromatic carbocycles. The molecule has 4 heteroatoms. The standard InChI is InChI=1S/C56H44N4/c1-38(2)40-24-28-42(29-25-40)55(43-30-26-41(27-31-43)39(3)4)56(45-32-33-49-48-19-8-9-20-50(48)60(53(49)36-45)54-23-12-13-34-57-54)44-15-14-18-47(35-44)59-37-58(46-16-6-5-7-17-46)51-21-10-11-22-52(51)59/h5-36H,1,3,37H2,2,4H3. The first-order valence-electron chi connectivity index (χ1n) is 20.4. The fourth-order valence-corrected chi connectivity index (χ4v) is 8.71. The normalized spacial score (nSPS) is 12.2. The van der Waals surface area contributed by atoms with Gasteiger partial charge in [0.15, 0.2) is 0 Å². The number of para-hydroxylation sites is 4. The predicted molar refractivity (Wildman–Crippen MR) is 254 cm³/mol. The van der Waals surface area contributed by atoms with Crippen molar-refractivity contribution in [3.05, 3.63) is 241 Å². The van der Waals surface area contributed by atoms with Crippen LogP contribution >= 0.6 is 0 Å². The Morgan fingerprint density at radius 3 is 1.60 bits per heavy atom. The van der Waals surface area contributed by atoms with Crippen LogP contribution in [0.25, 0.3) is 49.9 Å². The summed E-state index contributed by atoms with van der Waals surface area (Å²) < 4.78 is 2.30. The van der Waals surface area contributed by atoms with Crippen molar-refractivity contribution in [2.24, 2.45) is 0 Å². The highest BCUT2D eigenvalue weighted by molar-refractivity contribution is 6.12. The minimum atomic E-state index is 0.694. The minimum absolute atomic E-state index is 0.694. The molecule has 0 atom stereocenters. The van der Waals surface area contributed by atoms with E-state index in [1.54, 1.807) is 0 Å². The van der Waals surface area contributed by atoms with Gasteiger partial charge in [0.25, 0.3) is 0 Å². The van der Waals surface area contributed by atoms with E-state index in [0.29, 0.717) is 6.67 Å². The summed E-state index contributed by atoms with van der Waals surface area (Å²) in [5.41, 5.74) is 17.9. The molecule has 1 aliphatic rings. The summed E-state index contributed by atoms with van der Waals surface area (Å²) in [6.07, 6.45) is 1.87. The van der Waals surface area contributed by atoms with Crippen LogP contribution in [0.15, 0.2) is 207 Å². The first-order chi connectivity index (χ1) is 29.4. The molecule has 0 bridgehead atoms. The number of anilines is 4. The largest absolute Gasteiger partial charge is 0.321 e. The van der Waals surface area contributed by atoms with Crippen LogP contribution in [0.3, 0.4) is 0 Å². The molecule has 0 saturated carbocycles. The number of allylic oxidation sites excluding steroid dienone is 2. The van der Waals surface area contributed by atoms with Crippen LogP contribution < -0.4 is 9.80 Å². The highest BCUT2D eigenvalue weighted by Crippen LogP contribution is 2.46. The maximum absolute atomic E-state index is 4.86. The van der Waals surface area contributed by atoms with E-state index in [1.807, 2.05) is 12.3 Å². The molecule has 60 heavy (non-hydrogen) atoms. The van der Waals surface area contributed by atoms with Gasteiger partial charge in [0.05, 0.1) is 22.4 Å². The van der Waals surface area contributed by atoms with Crippen LogP contribution in [-0.4, -0.2) is 16.2 Å². The maximum Gasteiger partial charge on any atom is 0.137 e. The van der Waals surface area contributed by atoms with Crippen LogP contribution in [0, 0.1) is 0 Å². The monoisotopic (exact) mass is 772 g/mol. The van der Waals surface area contributed by atoms with Gasteiger partial charge in [-0.15, -0.1) is 0 Å². The van der Waals surface area contributed by atoms with Crippen molar-refractivity contribution in [3.8, 4) is 5.82 Å². The van der Waals surface area contributed by atoms with Gasteiger partial charge < -0.3 is 9.80 Å². The van der Waals surface area contributed by atoms with E-state index >= 15 is 0 Å². The molecule has 0 fully saturated rings. The molecule has 0 spiro atoms. The molecular weight excluding hydrogens is 729 g/mol. The number of fused-ring (bicyclic) bond motifs is 4. The Balaban J connectivity index is 1.25. The average molecular weight is 773 g/mol. The van der Waals surface area contributed by atoms with Crippen molar-refractivity contribution < 1.29 is 0 Å². The van der Waals surface area contributed by atoms with Crippen molar-refractivity contribution in [2.45, 2.75) is 13.8 Å². The second-order valence-corrected chi connectivity index (χ2v) is 15.6. The molecule has 0 amide bonds. The molecule has 0 aliphatic carbocycles. The summed E-state index contributed by atoms with van der Waals surface area (Å²) in [5, 5.41) is 2.37. The maximum atomic E-state index is 4.86. The minimum Gasteiger partial charge on any atom is -0.321 e. The van der Waals surface area contributed by atoms with E-state index in [9.17, 15) is 0 Å². The number of hydrogen-bond acceptors (Lipinski definition) is 3. The van der Waals surface area contributed by atoms with E-state index in [2.05, 4.69) is 223 Å². The predicted octanol–water partition coefficient (Wildman–Crippen LogP) is 14.5. The molecule has 4 nitrogen and oxygen atoms in total. The molecule has 2 aromatic heterocycles. The SMILES string of the molecule is C=C(C)c1ccc(C(=C(c2cccc(N3CN(c4ccccc4)c4ccccc43)c2)c2ccc3c4ccccc4n(-c4ccccn4)c3c2)c2ccc(C(=C)C)cc2)cc1. The van der Waals surface area contributed by atoms with E-state index in [0.717, 1.165) is 78.2 Å². The van der Waals surface area contributed by atoms with E-state index in [-0.39, 0.29) is 0 Å². The number of benzene rings is 7. The van der Waals surface area contributed by atoms with E-state index in [4.69, 9.17) is 4.98 Å². The topological polar surface area (TPSA) is 24.3 Å². The lowest BCUT2D eigenvalue weighted by atomic mass is 9.84. The van der Waals surface area contributed by atoms with Gasteiger partial charge in [0.1, 0.15) is 12.5 Å². The van der Waals surface area contributed by atoms with Crippen LogP contribution in [0.2, 0.25) is 0 Å². The molecule has 0 unspecified atom stereocenters. The lowest BCUT2D eigenvalue weighted by Crippen LogP contribution is -2.23. The molecule has 3 heterocycles. The summed E-state index contributed by atoms with van der Waals surface area (Å²) in [7, 11) is 0. The van der Waals surface area contributed by atoms with Crippen molar-refractivity contribution in [3.63, 3.8) is 0 Å². The zero-order valence-electron chi connectivity index (χ0n) is 33.9. The Bertz CT molecular complexity index is 3040. The molecule has 288 valence electrons. The molecule has 9 aromatic rings. The first kappa shape index (κ1) is 36.6. The Morgan fingerprint density at radius 2 is 0.950 bits per heavy atom. The first-order valence-corrected chi connectivity index (χ1v) is 20.4. The zero-order valence-corrected chi connectivity index (χ0v) is 33.9. The van der Waals surface area contributed by atoms with Gasteiger partial charge in [-0.1, -0.05) is 152 Å². The summed E-state index contributed by atoms with van der Waals surface area (Å²) in [6.45, 7) is 13.3. The number of nitrogens with zero attached hydrogens (tertiary/aromatic N) is 4. The summed E-state index contributed by atoms with van der Waals surface area (Å²) in [6, 6.07) is 67.8. The van der Waals surface area contributed by atoms with Gasteiger partial charge in [0, 0.05) is 28.3 Å². The zero-order chi connectivity index (χ0) is 40.7. The third-order valence-corrected chi connectivity index (χ3v) is 11.7.